The summed E-state index contributed by atoms with van der Waals surface area (Å²) in [5.41, 5.74) is 1.30. The summed E-state index contributed by atoms with van der Waals surface area (Å²) in [5, 5.41) is 11.2. The Kier molecular flexibility index (Phi) is 4.76. The predicted molar refractivity (Wildman–Crippen MR) is 77.7 cm³/mol. The highest BCUT2D eigenvalue weighted by molar-refractivity contribution is 7.99. The SMILES string of the molecule is CC(=NSC(C)(C)C)c1cc([N+](=O)[O-])ccc1Cl. The molecule has 18 heavy (non-hydrogen) atoms. The lowest BCUT2D eigenvalue weighted by atomic mass is 10.1. The minimum Gasteiger partial charge on any atom is -0.258 e. The summed E-state index contributed by atoms with van der Waals surface area (Å²) in [5.74, 6) is 0. The van der Waals surface area contributed by atoms with Crippen LogP contribution in [0.15, 0.2) is 22.6 Å². The largest absolute Gasteiger partial charge is 0.270 e. The summed E-state index contributed by atoms with van der Waals surface area (Å²) in [6, 6.07) is 4.36. The van der Waals surface area contributed by atoms with E-state index in [-0.39, 0.29) is 10.4 Å². The van der Waals surface area contributed by atoms with E-state index in [9.17, 15) is 10.1 Å². The van der Waals surface area contributed by atoms with Crippen molar-refractivity contribution in [3.8, 4) is 0 Å². The van der Waals surface area contributed by atoms with Gasteiger partial charge in [-0.25, -0.2) is 4.40 Å². The third-order valence-corrected chi connectivity index (χ3v) is 3.25. The Morgan fingerprint density at radius 2 is 2.06 bits per heavy atom. The van der Waals surface area contributed by atoms with Gasteiger partial charge >= 0.3 is 0 Å². The zero-order chi connectivity index (χ0) is 13.9. The smallest absolute Gasteiger partial charge is 0.258 e. The molecular weight excluding hydrogens is 272 g/mol. The molecule has 0 unspecified atom stereocenters. The maximum absolute atomic E-state index is 10.7. The number of nitro groups is 1. The molecule has 0 atom stereocenters. The van der Waals surface area contributed by atoms with Gasteiger partial charge in [0, 0.05) is 22.4 Å². The second kappa shape index (κ2) is 5.71. The van der Waals surface area contributed by atoms with Crippen LogP contribution in [-0.2, 0) is 0 Å². The molecule has 0 saturated heterocycles. The van der Waals surface area contributed by atoms with Gasteiger partial charge in [-0.1, -0.05) is 11.6 Å². The number of non-ortho nitro benzene ring substituents is 1. The molecule has 0 heterocycles. The van der Waals surface area contributed by atoms with Crippen LogP contribution >= 0.6 is 23.5 Å². The lowest BCUT2D eigenvalue weighted by Gasteiger charge is -2.13. The summed E-state index contributed by atoms with van der Waals surface area (Å²) in [6.07, 6.45) is 0. The van der Waals surface area contributed by atoms with Crippen LogP contribution in [0.2, 0.25) is 5.02 Å². The Hall–Kier alpha value is -1.07. The topological polar surface area (TPSA) is 55.5 Å². The molecule has 0 spiro atoms. The van der Waals surface area contributed by atoms with E-state index in [1.807, 2.05) is 20.8 Å². The van der Waals surface area contributed by atoms with E-state index < -0.39 is 4.92 Å². The molecule has 98 valence electrons. The molecular formula is C12H15ClN2O2S. The number of benzene rings is 1. The van der Waals surface area contributed by atoms with Gasteiger partial charge < -0.3 is 0 Å². The van der Waals surface area contributed by atoms with Crippen LogP contribution in [0.3, 0.4) is 0 Å². The fraction of sp³-hybridized carbons (Fsp3) is 0.417. The molecule has 4 nitrogen and oxygen atoms in total. The molecule has 0 N–H and O–H groups in total. The lowest BCUT2D eigenvalue weighted by Crippen LogP contribution is -2.06. The highest BCUT2D eigenvalue weighted by Crippen LogP contribution is 2.28. The van der Waals surface area contributed by atoms with Gasteiger partial charge in [0.05, 0.1) is 15.7 Å². The molecule has 0 saturated carbocycles. The third-order valence-electron chi connectivity index (χ3n) is 2.01. The van der Waals surface area contributed by atoms with E-state index in [1.54, 1.807) is 6.92 Å². The molecule has 0 bridgehead atoms. The molecule has 0 aliphatic carbocycles. The minimum atomic E-state index is -0.440. The summed E-state index contributed by atoms with van der Waals surface area (Å²) >= 11 is 7.45. The van der Waals surface area contributed by atoms with Gasteiger partial charge in [0.1, 0.15) is 0 Å². The molecule has 1 aromatic carbocycles. The summed E-state index contributed by atoms with van der Waals surface area (Å²) < 4.78 is 4.35. The first-order valence-corrected chi connectivity index (χ1v) is 6.53. The van der Waals surface area contributed by atoms with Crippen molar-refractivity contribution in [3.63, 3.8) is 0 Å². The maximum atomic E-state index is 10.7. The van der Waals surface area contributed by atoms with Crippen LogP contribution in [0, 0.1) is 10.1 Å². The molecule has 0 aromatic heterocycles. The Morgan fingerprint density at radius 3 is 2.56 bits per heavy atom. The highest BCUT2D eigenvalue weighted by Gasteiger charge is 2.14. The standard InChI is InChI=1S/C12H15ClN2O2S/c1-8(14-18-12(2,3)4)10-7-9(15(16)17)5-6-11(10)13/h5-7H,1-4H3. The van der Waals surface area contributed by atoms with Gasteiger partial charge in [0.2, 0.25) is 0 Å². The van der Waals surface area contributed by atoms with Gasteiger partial charge in [-0.2, -0.15) is 0 Å². The average Bonchev–Trinajstić information content (AvgIpc) is 2.25. The van der Waals surface area contributed by atoms with Gasteiger partial charge in [-0.3, -0.25) is 10.1 Å². The third kappa shape index (κ3) is 4.31. The summed E-state index contributed by atoms with van der Waals surface area (Å²) in [6.45, 7) is 7.93. The second-order valence-corrected chi connectivity index (χ2v) is 6.80. The normalized spacial score (nSPS) is 12.6. The van der Waals surface area contributed by atoms with Crippen molar-refractivity contribution in [1.82, 2.24) is 0 Å². The molecule has 0 aliphatic heterocycles. The molecule has 1 rings (SSSR count). The molecule has 0 fully saturated rings. The average molecular weight is 287 g/mol. The van der Waals surface area contributed by atoms with E-state index >= 15 is 0 Å². The fourth-order valence-corrected chi connectivity index (χ4v) is 1.92. The van der Waals surface area contributed by atoms with Crippen LogP contribution in [-0.4, -0.2) is 15.4 Å². The lowest BCUT2D eigenvalue weighted by molar-refractivity contribution is -0.384. The zero-order valence-electron chi connectivity index (χ0n) is 10.7. The van der Waals surface area contributed by atoms with Crippen LogP contribution in [0.5, 0.6) is 0 Å². The molecule has 6 heteroatoms. The second-order valence-electron chi connectivity index (χ2n) is 4.80. The van der Waals surface area contributed by atoms with Crippen molar-refractivity contribution in [1.29, 1.82) is 0 Å². The van der Waals surface area contributed by atoms with Crippen molar-refractivity contribution in [2.24, 2.45) is 4.40 Å². The van der Waals surface area contributed by atoms with E-state index in [2.05, 4.69) is 4.40 Å². The number of hydrogen-bond acceptors (Lipinski definition) is 4. The molecule has 0 amide bonds. The number of halogens is 1. The molecule has 1 aromatic rings. The van der Waals surface area contributed by atoms with Crippen molar-refractivity contribution < 1.29 is 4.92 Å². The van der Waals surface area contributed by atoms with Crippen molar-refractivity contribution in [2.75, 3.05) is 0 Å². The van der Waals surface area contributed by atoms with Gasteiger partial charge in [-0.15, -0.1) is 0 Å². The van der Waals surface area contributed by atoms with Crippen molar-refractivity contribution in [2.45, 2.75) is 32.4 Å². The highest BCUT2D eigenvalue weighted by atomic mass is 35.5. The Labute approximate surface area is 116 Å². The Balaban J connectivity index is 3.08. The van der Waals surface area contributed by atoms with Crippen LogP contribution in [0.4, 0.5) is 5.69 Å². The minimum absolute atomic E-state index is 0.00551. The van der Waals surface area contributed by atoms with Crippen LogP contribution < -0.4 is 0 Å². The fourth-order valence-electron chi connectivity index (χ4n) is 1.16. The first kappa shape index (κ1) is 15.0. The van der Waals surface area contributed by atoms with E-state index in [0.29, 0.717) is 16.3 Å². The predicted octanol–water partition coefficient (Wildman–Crippen LogP) is 4.50. The zero-order valence-corrected chi connectivity index (χ0v) is 12.3. The summed E-state index contributed by atoms with van der Waals surface area (Å²) in [4.78, 5) is 10.3. The van der Waals surface area contributed by atoms with Gasteiger partial charge in [0.25, 0.3) is 5.69 Å². The first-order valence-electron chi connectivity index (χ1n) is 5.38. The Bertz CT molecular complexity index is 495. The number of nitro benzene ring substituents is 1. The van der Waals surface area contributed by atoms with E-state index in [0.717, 1.165) is 0 Å². The van der Waals surface area contributed by atoms with Crippen molar-refractivity contribution >= 4 is 34.9 Å². The van der Waals surface area contributed by atoms with Crippen molar-refractivity contribution in [3.05, 3.63) is 38.9 Å². The number of hydrogen-bond donors (Lipinski definition) is 0. The van der Waals surface area contributed by atoms with Crippen LogP contribution in [0.1, 0.15) is 33.3 Å². The maximum Gasteiger partial charge on any atom is 0.270 e. The van der Waals surface area contributed by atoms with Gasteiger partial charge in [-0.05, 0) is 45.7 Å². The number of nitrogens with zero attached hydrogens (tertiary/aromatic N) is 2. The quantitative estimate of drug-likeness (QED) is 0.356. The van der Waals surface area contributed by atoms with Gasteiger partial charge in [0.15, 0.2) is 0 Å². The monoisotopic (exact) mass is 286 g/mol. The van der Waals surface area contributed by atoms with Crippen LogP contribution in [0.25, 0.3) is 0 Å². The Morgan fingerprint density at radius 1 is 1.44 bits per heavy atom. The molecule has 0 radical (unpaired) electrons. The summed E-state index contributed by atoms with van der Waals surface area (Å²) in [7, 11) is 0. The first-order chi connectivity index (χ1) is 8.20. The van der Waals surface area contributed by atoms with E-state index in [1.165, 1.54) is 30.1 Å². The number of rotatable bonds is 3. The van der Waals surface area contributed by atoms with E-state index in [4.69, 9.17) is 11.6 Å². The molecule has 0 aliphatic rings.